The Labute approximate surface area is 137 Å². The molecule has 7 heteroatoms. The highest BCUT2D eigenvalue weighted by molar-refractivity contribution is 6.30. The zero-order valence-corrected chi connectivity index (χ0v) is 13.3. The fourth-order valence-corrected chi connectivity index (χ4v) is 2.88. The lowest BCUT2D eigenvalue weighted by Gasteiger charge is -2.07. The first-order valence-corrected chi connectivity index (χ1v) is 7.76. The summed E-state index contributed by atoms with van der Waals surface area (Å²) < 4.78 is 20.7. The van der Waals surface area contributed by atoms with Crippen LogP contribution in [0.15, 0.2) is 18.2 Å². The Balaban J connectivity index is 2.00. The predicted molar refractivity (Wildman–Crippen MR) is 82.5 cm³/mol. The molecule has 3 rings (SSSR count). The minimum absolute atomic E-state index is 0.101. The van der Waals surface area contributed by atoms with Crippen LogP contribution in [0.25, 0.3) is 5.69 Å². The number of esters is 1. The summed E-state index contributed by atoms with van der Waals surface area (Å²) in [6.07, 6.45) is 1.54. The summed E-state index contributed by atoms with van der Waals surface area (Å²) in [5.74, 6) is -1.10. The van der Waals surface area contributed by atoms with Gasteiger partial charge >= 0.3 is 5.97 Å². The van der Waals surface area contributed by atoms with Crippen molar-refractivity contribution in [2.75, 3.05) is 6.61 Å². The standard InChI is InChI=1S/C16H16ClFN2O3/c1-9(21)8-23-16(22)15-11-3-2-4-13(11)20(19-15)14-6-5-10(17)7-12(14)18/h5-7,9,21H,2-4,8H2,1H3. The molecule has 0 aliphatic heterocycles. The van der Waals surface area contributed by atoms with E-state index in [0.29, 0.717) is 17.9 Å². The van der Waals surface area contributed by atoms with Crippen molar-refractivity contribution in [3.05, 3.63) is 46.0 Å². The minimum Gasteiger partial charge on any atom is -0.458 e. The predicted octanol–water partition coefficient (Wildman–Crippen LogP) is 2.69. The number of benzene rings is 1. The Bertz CT molecular complexity index is 758. The normalized spacial score (nSPS) is 14.6. The lowest BCUT2D eigenvalue weighted by Crippen LogP contribution is -2.17. The lowest BCUT2D eigenvalue weighted by molar-refractivity contribution is 0.0288. The molecular weight excluding hydrogens is 323 g/mol. The van der Waals surface area contributed by atoms with Gasteiger partial charge in [-0.25, -0.2) is 13.9 Å². The van der Waals surface area contributed by atoms with Crippen molar-refractivity contribution < 1.29 is 19.0 Å². The molecule has 0 radical (unpaired) electrons. The van der Waals surface area contributed by atoms with Crippen LogP contribution in [0.5, 0.6) is 0 Å². The lowest BCUT2D eigenvalue weighted by atomic mass is 10.2. The van der Waals surface area contributed by atoms with Crippen molar-refractivity contribution in [1.29, 1.82) is 0 Å². The fraction of sp³-hybridized carbons (Fsp3) is 0.375. The topological polar surface area (TPSA) is 64.3 Å². The van der Waals surface area contributed by atoms with Gasteiger partial charge in [0, 0.05) is 16.3 Å². The molecule has 0 saturated carbocycles. The highest BCUT2D eigenvalue weighted by Gasteiger charge is 2.28. The average Bonchev–Trinajstić information content (AvgIpc) is 3.07. The minimum atomic E-state index is -0.747. The molecular formula is C16H16ClFN2O3. The van der Waals surface area contributed by atoms with Crippen LogP contribution in [0, 0.1) is 5.82 Å². The largest absolute Gasteiger partial charge is 0.458 e. The van der Waals surface area contributed by atoms with Crippen LogP contribution < -0.4 is 0 Å². The Kier molecular flexibility index (Phi) is 4.37. The van der Waals surface area contributed by atoms with E-state index >= 15 is 0 Å². The number of fused-ring (bicyclic) bond motifs is 1. The Hall–Kier alpha value is -1.92. The van der Waals surface area contributed by atoms with E-state index in [1.807, 2.05) is 0 Å². The number of hydrogen-bond donors (Lipinski definition) is 1. The van der Waals surface area contributed by atoms with Crippen LogP contribution in [0.4, 0.5) is 4.39 Å². The number of aliphatic hydroxyl groups excluding tert-OH is 1. The van der Waals surface area contributed by atoms with E-state index in [4.69, 9.17) is 16.3 Å². The summed E-state index contributed by atoms with van der Waals surface area (Å²) in [5, 5.41) is 13.8. The molecule has 1 aromatic heterocycles. The summed E-state index contributed by atoms with van der Waals surface area (Å²) in [4.78, 5) is 12.2. The number of carbonyl (C=O) groups is 1. The second kappa shape index (κ2) is 6.29. The number of halogens is 2. The van der Waals surface area contributed by atoms with E-state index < -0.39 is 17.9 Å². The molecule has 1 aliphatic rings. The van der Waals surface area contributed by atoms with E-state index in [0.717, 1.165) is 17.7 Å². The number of ether oxygens (including phenoxy) is 1. The molecule has 122 valence electrons. The van der Waals surface area contributed by atoms with Gasteiger partial charge in [0.25, 0.3) is 0 Å². The van der Waals surface area contributed by atoms with Gasteiger partial charge in [0.1, 0.15) is 18.1 Å². The molecule has 1 N–H and O–H groups in total. The van der Waals surface area contributed by atoms with Crippen molar-refractivity contribution in [2.45, 2.75) is 32.3 Å². The molecule has 0 bridgehead atoms. The van der Waals surface area contributed by atoms with Crippen molar-refractivity contribution in [2.24, 2.45) is 0 Å². The summed E-state index contributed by atoms with van der Waals surface area (Å²) in [6, 6.07) is 4.33. The van der Waals surface area contributed by atoms with E-state index in [1.54, 1.807) is 6.07 Å². The first-order valence-electron chi connectivity index (χ1n) is 7.38. The second-order valence-electron chi connectivity index (χ2n) is 5.58. The van der Waals surface area contributed by atoms with Crippen molar-refractivity contribution >= 4 is 17.6 Å². The van der Waals surface area contributed by atoms with Gasteiger partial charge in [0.15, 0.2) is 5.69 Å². The average molecular weight is 339 g/mol. The van der Waals surface area contributed by atoms with E-state index in [1.165, 1.54) is 23.7 Å². The molecule has 0 fully saturated rings. The number of carbonyl (C=O) groups excluding carboxylic acids is 1. The van der Waals surface area contributed by atoms with Crippen LogP contribution >= 0.6 is 11.6 Å². The maximum atomic E-state index is 14.2. The Morgan fingerprint density at radius 2 is 2.30 bits per heavy atom. The van der Waals surface area contributed by atoms with Crippen LogP contribution in [-0.4, -0.2) is 33.6 Å². The maximum Gasteiger partial charge on any atom is 0.359 e. The number of rotatable bonds is 4. The summed E-state index contributed by atoms with van der Waals surface area (Å²) in [7, 11) is 0. The third-order valence-electron chi connectivity index (χ3n) is 3.72. The molecule has 0 amide bonds. The smallest absolute Gasteiger partial charge is 0.359 e. The maximum absolute atomic E-state index is 14.2. The van der Waals surface area contributed by atoms with Crippen LogP contribution in [0.1, 0.15) is 35.1 Å². The third-order valence-corrected chi connectivity index (χ3v) is 3.95. The Morgan fingerprint density at radius 3 is 3.00 bits per heavy atom. The summed E-state index contributed by atoms with van der Waals surface area (Å²) >= 11 is 5.78. The van der Waals surface area contributed by atoms with Crippen molar-refractivity contribution in [3.8, 4) is 5.69 Å². The van der Waals surface area contributed by atoms with Gasteiger partial charge in [-0.2, -0.15) is 5.10 Å². The zero-order valence-electron chi connectivity index (χ0n) is 12.6. The second-order valence-corrected chi connectivity index (χ2v) is 6.02. The Morgan fingerprint density at radius 1 is 1.52 bits per heavy atom. The molecule has 0 spiro atoms. The van der Waals surface area contributed by atoms with Crippen molar-refractivity contribution in [1.82, 2.24) is 9.78 Å². The van der Waals surface area contributed by atoms with Gasteiger partial charge in [-0.05, 0) is 44.4 Å². The van der Waals surface area contributed by atoms with Gasteiger partial charge in [0.05, 0.1) is 6.10 Å². The van der Waals surface area contributed by atoms with Gasteiger partial charge < -0.3 is 9.84 Å². The number of hydrogen-bond acceptors (Lipinski definition) is 4. The van der Waals surface area contributed by atoms with E-state index in [-0.39, 0.29) is 18.0 Å². The molecule has 5 nitrogen and oxygen atoms in total. The molecule has 2 aromatic rings. The highest BCUT2D eigenvalue weighted by Crippen LogP contribution is 2.29. The quantitative estimate of drug-likeness (QED) is 0.871. The number of aliphatic hydroxyl groups is 1. The highest BCUT2D eigenvalue weighted by atomic mass is 35.5. The van der Waals surface area contributed by atoms with Crippen LogP contribution in [0.3, 0.4) is 0 Å². The molecule has 1 heterocycles. The fourth-order valence-electron chi connectivity index (χ4n) is 2.72. The molecule has 23 heavy (non-hydrogen) atoms. The first-order chi connectivity index (χ1) is 11.0. The molecule has 1 aliphatic carbocycles. The monoisotopic (exact) mass is 338 g/mol. The van der Waals surface area contributed by atoms with E-state index in [2.05, 4.69) is 5.10 Å². The molecule has 0 saturated heterocycles. The van der Waals surface area contributed by atoms with Gasteiger partial charge in [-0.3, -0.25) is 0 Å². The zero-order chi connectivity index (χ0) is 16.6. The molecule has 1 atom stereocenters. The molecule has 1 unspecified atom stereocenters. The van der Waals surface area contributed by atoms with Crippen LogP contribution in [-0.2, 0) is 17.6 Å². The number of nitrogens with zero attached hydrogens (tertiary/aromatic N) is 2. The van der Waals surface area contributed by atoms with Crippen molar-refractivity contribution in [3.63, 3.8) is 0 Å². The van der Waals surface area contributed by atoms with E-state index in [9.17, 15) is 14.3 Å². The molecule has 1 aromatic carbocycles. The van der Waals surface area contributed by atoms with Gasteiger partial charge in [0.2, 0.25) is 0 Å². The summed E-state index contributed by atoms with van der Waals surface area (Å²) in [6.45, 7) is 1.43. The third kappa shape index (κ3) is 3.09. The number of aromatic nitrogens is 2. The first kappa shape index (κ1) is 16.0. The van der Waals surface area contributed by atoms with Gasteiger partial charge in [-0.15, -0.1) is 0 Å². The SMILES string of the molecule is CC(O)COC(=O)c1nn(-c2ccc(Cl)cc2F)c2c1CCC2. The summed E-state index contributed by atoms with van der Waals surface area (Å²) in [5.41, 5.74) is 2.04. The van der Waals surface area contributed by atoms with Crippen LogP contribution in [0.2, 0.25) is 5.02 Å². The van der Waals surface area contributed by atoms with Gasteiger partial charge in [-0.1, -0.05) is 11.6 Å².